The Morgan fingerprint density at radius 1 is 1.47 bits per heavy atom. The van der Waals surface area contributed by atoms with Gasteiger partial charge in [0, 0.05) is 25.7 Å². The number of carbonyl (C=O) groups is 1. The van der Waals surface area contributed by atoms with E-state index in [1.165, 1.54) is 0 Å². The molecule has 0 saturated carbocycles. The van der Waals surface area contributed by atoms with Gasteiger partial charge in [0.25, 0.3) is 0 Å². The van der Waals surface area contributed by atoms with Crippen molar-refractivity contribution in [1.29, 1.82) is 0 Å². The third-order valence-corrected chi connectivity index (χ3v) is 3.23. The lowest BCUT2D eigenvalue weighted by atomic mass is 10.2. The van der Waals surface area contributed by atoms with Gasteiger partial charge in [-0.2, -0.15) is 0 Å². The monoisotopic (exact) mass is 254 g/mol. The van der Waals surface area contributed by atoms with Crippen molar-refractivity contribution in [3.05, 3.63) is 16.8 Å². The van der Waals surface area contributed by atoms with Gasteiger partial charge < -0.3 is 9.80 Å². The van der Waals surface area contributed by atoms with Gasteiger partial charge >= 0.3 is 0 Å². The summed E-state index contributed by atoms with van der Waals surface area (Å²) in [6, 6.07) is 2.00. The molecule has 1 amide bonds. The molecule has 1 unspecified atom stereocenters. The predicted octanol–water partition coefficient (Wildman–Crippen LogP) is 1.11. The van der Waals surface area contributed by atoms with Crippen LogP contribution in [0.4, 0.5) is 5.82 Å². The molecule has 1 aliphatic rings. The van der Waals surface area contributed by atoms with Crippen LogP contribution >= 0.6 is 11.6 Å². The van der Waals surface area contributed by atoms with Gasteiger partial charge in [0.2, 0.25) is 6.41 Å². The maximum absolute atomic E-state index is 10.8. The molecule has 92 valence electrons. The number of hydrogen-bond donors (Lipinski definition) is 0. The van der Waals surface area contributed by atoms with Crippen molar-refractivity contribution in [2.24, 2.45) is 0 Å². The zero-order valence-corrected chi connectivity index (χ0v) is 10.7. The van der Waals surface area contributed by atoms with Crippen LogP contribution in [0.15, 0.2) is 6.07 Å². The van der Waals surface area contributed by atoms with E-state index >= 15 is 0 Å². The van der Waals surface area contributed by atoms with Crippen molar-refractivity contribution in [1.82, 2.24) is 15.1 Å². The normalized spacial score (nSPS) is 20.5. The highest BCUT2D eigenvalue weighted by Gasteiger charge is 2.24. The van der Waals surface area contributed by atoms with Crippen molar-refractivity contribution in [3.8, 4) is 0 Å². The number of carbonyl (C=O) groups excluding carboxylic acids is 1. The molecule has 0 spiro atoms. The van der Waals surface area contributed by atoms with E-state index in [0.29, 0.717) is 11.7 Å². The Bertz CT molecular complexity index is 426. The van der Waals surface area contributed by atoms with E-state index in [9.17, 15) is 4.79 Å². The van der Waals surface area contributed by atoms with Gasteiger partial charge in [-0.3, -0.25) is 4.79 Å². The standard InChI is InChI=1S/C11H15ClN4O/c1-8-5-10(12)13-14-11(8)15-3-4-16(7-17)9(2)6-15/h5,7,9H,3-4,6H2,1-2H3. The van der Waals surface area contributed by atoms with Crippen LogP contribution in [0.25, 0.3) is 0 Å². The molecule has 17 heavy (non-hydrogen) atoms. The van der Waals surface area contributed by atoms with E-state index in [1.807, 2.05) is 13.8 Å². The van der Waals surface area contributed by atoms with Crippen LogP contribution in [-0.2, 0) is 4.79 Å². The zero-order chi connectivity index (χ0) is 12.4. The van der Waals surface area contributed by atoms with Crippen molar-refractivity contribution in [2.45, 2.75) is 19.9 Å². The Kier molecular flexibility index (Phi) is 3.47. The van der Waals surface area contributed by atoms with Crippen LogP contribution in [0, 0.1) is 6.92 Å². The van der Waals surface area contributed by atoms with E-state index < -0.39 is 0 Å². The van der Waals surface area contributed by atoms with E-state index in [0.717, 1.165) is 30.9 Å². The van der Waals surface area contributed by atoms with E-state index in [-0.39, 0.29) is 6.04 Å². The number of aryl methyl sites for hydroxylation is 1. The first-order valence-electron chi connectivity index (χ1n) is 5.57. The largest absolute Gasteiger partial charge is 0.351 e. The molecule has 0 aliphatic carbocycles. The summed E-state index contributed by atoms with van der Waals surface area (Å²) in [4.78, 5) is 14.7. The average molecular weight is 255 g/mol. The van der Waals surface area contributed by atoms with Crippen molar-refractivity contribution in [3.63, 3.8) is 0 Å². The van der Waals surface area contributed by atoms with E-state index in [4.69, 9.17) is 11.6 Å². The molecule has 0 bridgehead atoms. The Morgan fingerprint density at radius 2 is 2.24 bits per heavy atom. The number of nitrogens with zero attached hydrogens (tertiary/aromatic N) is 4. The average Bonchev–Trinajstić information content (AvgIpc) is 2.29. The Balaban J connectivity index is 2.16. The molecule has 1 aromatic heterocycles. The lowest BCUT2D eigenvalue weighted by molar-refractivity contribution is -0.120. The van der Waals surface area contributed by atoms with Gasteiger partial charge in [-0.15, -0.1) is 10.2 Å². The zero-order valence-electron chi connectivity index (χ0n) is 9.93. The minimum absolute atomic E-state index is 0.193. The molecule has 2 rings (SSSR count). The second-order valence-corrected chi connectivity index (χ2v) is 4.70. The lowest BCUT2D eigenvalue weighted by Gasteiger charge is -2.38. The van der Waals surface area contributed by atoms with Crippen LogP contribution in [0.2, 0.25) is 5.15 Å². The molecule has 1 fully saturated rings. The first-order valence-corrected chi connectivity index (χ1v) is 5.95. The van der Waals surface area contributed by atoms with Crippen molar-refractivity contribution >= 4 is 23.8 Å². The number of halogens is 1. The summed E-state index contributed by atoms with van der Waals surface area (Å²) in [7, 11) is 0. The highest BCUT2D eigenvalue weighted by Crippen LogP contribution is 2.21. The van der Waals surface area contributed by atoms with Gasteiger partial charge in [0.15, 0.2) is 11.0 Å². The minimum atomic E-state index is 0.193. The van der Waals surface area contributed by atoms with Crippen LogP contribution in [-0.4, -0.2) is 47.2 Å². The molecule has 5 nitrogen and oxygen atoms in total. The smallest absolute Gasteiger partial charge is 0.210 e. The van der Waals surface area contributed by atoms with Crippen molar-refractivity contribution in [2.75, 3.05) is 24.5 Å². The third kappa shape index (κ3) is 2.49. The number of amides is 1. The van der Waals surface area contributed by atoms with Gasteiger partial charge in [-0.1, -0.05) is 11.6 Å². The fourth-order valence-electron chi connectivity index (χ4n) is 2.08. The summed E-state index contributed by atoms with van der Waals surface area (Å²) < 4.78 is 0. The lowest BCUT2D eigenvalue weighted by Crippen LogP contribution is -2.51. The predicted molar refractivity (Wildman–Crippen MR) is 66.2 cm³/mol. The van der Waals surface area contributed by atoms with Gasteiger partial charge in [-0.25, -0.2) is 0 Å². The quantitative estimate of drug-likeness (QED) is 0.742. The van der Waals surface area contributed by atoms with Crippen molar-refractivity contribution < 1.29 is 4.79 Å². The Morgan fingerprint density at radius 3 is 2.82 bits per heavy atom. The number of anilines is 1. The molecule has 6 heteroatoms. The molecule has 1 aromatic rings. The van der Waals surface area contributed by atoms with Crippen LogP contribution in [0.5, 0.6) is 0 Å². The SMILES string of the molecule is Cc1cc(Cl)nnc1N1CCN(C=O)C(C)C1. The summed E-state index contributed by atoms with van der Waals surface area (Å²) in [6.07, 6.45) is 0.905. The summed E-state index contributed by atoms with van der Waals surface area (Å²) in [5.74, 6) is 0.854. The first kappa shape index (κ1) is 12.1. The molecule has 0 aromatic carbocycles. The van der Waals surface area contributed by atoms with E-state index in [1.54, 1.807) is 11.0 Å². The molecule has 1 atom stereocenters. The van der Waals surface area contributed by atoms with Crippen LogP contribution < -0.4 is 4.90 Å². The maximum Gasteiger partial charge on any atom is 0.210 e. The fraction of sp³-hybridized carbons (Fsp3) is 0.545. The molecule has 1 saturated heterocycles. The van der Waals surface area contributed by atoms with E-state index in [2.05, 4.69) is 15.1 Å². The number of piperazine rings is 1. The molecular formula is C11H15ClN4O. The van der Waals surface area contributed by atoms with Crippen LogP contribution in [0.3, 0.4) is 0 Å². The number of rotatable bonds is 2. The number of aromatic nitrogens is 2. The second kappa shape index (κ2) is 4.87. The highest BCUT2D eigenvalue weighted by molar-refractivity contribution is 6.29. The minimum Gasteiger partial charge on any atom is -0.351 e. The second-order valence-electron chi connectivity index (χ2n) is 4.31. The topological polar surface area (TPSA) is 49.3 Å². The van der Waals surface area contributed by atoms with Crippen LogP contribution in [0.1, 0.15) is 12.5 Å². The summed E-state index contributed by atoms with van der Waals surface area (Å²) >= 11 is 5.78. The summed E-state index contributed by atoms with van der Waals surface area (Å²) in [5.41, 5.74) is 1.01. The van der Waals surface area contributed by atoms with Gasteiger partial charge in [0.05, 0.1) is 0 Å². The van der Waals surface area contributed by atoms with Gasteiger partial charge in [0.1, 0.15) is 0 Å². The summed E-state index contributed by atoms with van der Waals surface area (Å²) in [6.45, 7) is 6.26. The Labute approximate surface area is 105 Å². The number of hydrogen-bond acceptors (Lipinski definition) is 4. The molecular weight excluding hydrogens is 240 g/mol. The third-order valence-electron chi connectivity index (χ3n) is 3.04. The molecule has 0 N–H and O–H groups in total. The molecule has 0 radical (unpaired) electrons. The first-order chi connectivity index (χ1) is 8.11. The highest BCUT2D eigenvalue weighted by atomic mass is 35.5. The fourth-order valence-corrected chi connectivity index (χ4v) is 2.28. The summed E-state index contributed by atoms with van der Waals surface area (Å²) in [5, 5.41) is 8.40. The van der Waals surface area contributed by atoms with Gasteiger partial charge in [-0.05, 0) is 25.5 Å². The molecule has 2 heterocycles. The Hall–Kier alpha value is -1.36. The maximum atomic E-state index is 10.8. The molecule has 1 aliphatic heterocycles.